The second-order valence-corrected chi connectivity index (χ2v) is 3.78. The Hall–Kier alpha value is -1.55. The zero-order valence-corrected chi connectivity index (χ0v) is 8.43. The van der Waals surface area contributed by atoms with E-state index in [4.69, 9.17) is 10.5 Å². The van der Waals surface area contributed by atoms with Gasteiger partial charge in [-0.15, -0.1) is 11.3 Å². The Bertz CT molecular complexity index is 490. The number of ether oxygens (including phenoxy) is 1. The molecule has 1 aromatic carbocycles. The second kappa shape index (κ2) is 3.31. The molecule has 14 heavy (non-hydrogen) atoms. The third-order valence-corrected chi connectivity index (χ3v) is 3.07. The summed E-state index contributed by atoms with van der Waals surface area (Å²) in [7, 11) is 1.53. The van der Waals surface area contributed by atoms with E-state index in [1.807, 2.05) is 11.4 Å². The van der Waals surface area contributed by atoms with Gasteiger partial charge >= 0.3 is 0 Å². The van der Waals surface area contributed by atoms with Gasteiger partial charge in [0.15, 0.2) is 6.29 Å². The molecule has 2 rings (SSSR count). The Labute approximate surface area is 85.1 Å². The molecule has 3 nitrogen and oxygen atoms in total. The molecule has 72 valence electrons. The van der Waals surface area contributed by atoms with Crippen molar-refractivity contribution in [3.8, 4) is 5.75 Å². The molecule has 4 heteroatoms. The first-order valence-electron chi connectivity index (χ1n) is 4.06. The van der Waals surface area contributed by atoms with E-state index < -0.39 is 0 Å². The number of nitrogen functional groups attached to an aromatic ring is 1. The van der Waals surface area contributed by atoms with Crippen LogP contribution in [0.5, 0.6) is 5.75 Å². The summed E-state index contributed by atoms with van der Waals surface area (Å²) in [5.74, 6) is 0.531. The van der Waals surface area contributed by atoms with Crippen molar-refractivity contribution >= 4 is 33.4 Å². The van der Waals surface area contributed by atoms with E-state index in [1.54, 1.807) is 6.07 Å². The van der Waals surface area contributed by atoms with Gasteiger partial charge in [-0.3, -0.25) is 4.79 Å². The highest BCUT2D eigenvalue weighted by molar-refractivity contribution is 7.17. The topological polar surface area (TPSA) is 52.3 Å². The predicted molar refractivity (Wildman–Crippen MR) is 58.2 cm³/mol. The van der Waals surface area contributed by atoms with Crippen molar-refractivity contribution in [2.75, 3.05) is 12.8 Å². The van der Waals surface area contributed by atoms with E-state index in [2.05, 4.69) is 0 Å². The second-order valence-electron chi connectivity index (χ2n) is 2.86. The monoisotopic (exact) mass is 207 g/mol. The van der Waals surface area contributed by atoms with Gasteiger partial charge in [-0.25, -0.2) is 0 Å². The first-order valence-corrected chi connectivity index (χ1v) is 4.94. The molecule has 0 aliphatic rings. The molecule has 0 saturated carbocycles. The number of rotatable bonds is 2. The highest BCUT2D eigenvalue weighted by atomic mass is 32.1. The van der Waals surface area contributed by atoms with Crippen LogP contribution >= 0.6 is 11.3 Å². The fourth-order valence-electron chi connectivity index (χ4n) is 1.45. The Morgan fingerprint density at radius 1 is 1.57 bits per heavy atom. The maximum absolute atomic E-state index is 10.9. The van der Waals surface area contributed by atoms with Gasteiger partial charge in [-0.1, -0.05) is 0 Å². The van der Waals surface area contributed by atoms with E-state index >= 15 is 0 Å². The minimum Gasteiger partial charge on any atom is -0.496 e. The third-order valence-electron chi connectivity index (χ3n) is 2.11. The van der Waals surface area contributed by atoms with Crippen molar-refractivity contribution in [2.45, 2.75) is 0 Å². The van der Waals surface area contributed by atoms with Gasteiger partial charge in [0.05, 0.1) is 23.1 Å². The molecule has 1 heterocycles. The Kier molecular flexibility index (Phi) is 2.13. The number of carbonyl (C=O) groups excluding carboxylic acids is 1. The van der Waals surface area contributed by atoms with Gasteiger partial charge in [0, 0.05) is 11.5 Å². The summed E-state index contributed by atoms with van der Waals surface area (Å²) in [4.78, 5) is 10.9. The summed E-state index contributed by atoms with van der Waals surface area (Å²) in [6, 6.07) is 3.56. The number of thiophene rings is 1. The van der Waals surface area contributed by atoms with Gasteiger partial charge in [-0.05, 0) is 11.4 Å². The van der Waals surface area contributed by atoms with Crippen LogP contribution in [0.15, 0.2) is 17.5 Å². The number of benzene rings is 1. The minimum absolute atomic E-state index is 0.531. The van der Waals surface area contributed by atoms with Crippen LogP contribution in [0.4, 0.5) is 5.69 Å². The van der Waals surface area contributed by atoms with Gasteiger partial charge in [0.25, 0.3) is 0 Å². The Morgan fingerprint density at radius 2 is 2.36 bits per heavy atom. The smallest absolute Gasteiger partial charge is 0.154 e. The fraction of sp³-hybridized carbons (Fsp3) is 0.100. The van der Waals surface area contributed by atoms with Crippen molar-refractivity contribution in [3.63, 3.8) is 0 Å². The number of hydrogen-bond donors (Lipinski definition) is 1. The van der Waals surface area contributed by atoms with Crippen LogP contribution in [0.2, 0.25) is 0 Å². The molecule has 0 bridgehead atoms. The summed E-state index contributed by atoms with van der Waals surface area (Å²) in [5.41, 5.74) is 7.03. The predicted octanol–water partition coefficient (Wildman–Crippen LogP) is 2.30. The quantitative estimate of drug-likeness (QED) is 0.607. The SMILES string of the molecule is COc1cc(N)c2sccc2c1C=O. The van der Waals surface area contributed by atoms with E-state index in [9.17, 15) is 4.79 Å². The van der Waals surface area contributed by atoms with E-state index in [-0.39, 0.29) is 0 Å². The van der Waals surface area contributed by atoms with E-state index in [0.29, 0.717) is 17.0 Å². The minimum atomic E-state index is 0.531. The molecule has 0 aliphatic carbocycles. The van der Waals surface area contributed by atoms with Crippen LogP contribution in [0.3, 0.4) is 0 Å². The fourth-order valence-corrected chi connectivity index (χ4v) is 2.29. The standard InChI is InChI=1S/C10H9NO2S/c1-13-9-4-8(11)10-6(2-3-14-10)7(9)5-12/h2-5H,11H2,1H3. The highest BCUT2D eigenvalue weighted by Crippen LogP contribution is 2.34. The number of nitrogens with two attached hydrogens (primary N) is 1. The molecule has 2 aromatic rings. The number of carbonyl (C=O) groups is 1. The van der Waals surface area contributed by atoms with Crippen molar-refractivity contribution in [1.29, 1.82) is 0 Å². The zero-order chi connectivity index (χ0) is 10.1. The first kappa shape index (κ1) is 9.02. The third kappa shape index (κ3) is 1.15. The molecule has 1 aromatic heterocycles. The largest absolute Gasteiger partial charge is 0.496 e. The van der Waals surface area contributed by atoms with Crippen molar-refractivity contribution in [1.82, 2.24) is 0 Å². The summed E-state index contributed by atoms with van der Waals surface area (Å²) < 4.78 is 6.03. The molecule has 0 saturated heterocycles. The average Bonchev–Trinajstić information content (AvgIpc) is 2.66. The lowest BCUT2D eigenvalue weighted by atomic mass is 10.1. The molecule has 2 N–H and O–H groups in total. The molecule has 0 amide bonds. The van der Waals surface area contributed by atoms with Gasteiger partial charge < -0.3 is 10.5 Å². The molecule has 0 spiro atoms. The van der Waals surface area contributed by atoms with Crippen LogP contribution in [0.25, 0.3) is 10.1 Å². The Morgan fingerprint density at radius 3 is 3.00 bits per heavy atom. The van der Waals surface area contributed by atoms with E-state index in [0.717, 1.165) is 16.4 Å². The molecule has 0 aliphatic heterocycles. The lowest BCUT2D eigenvalue weighted by molar-refractivity contribution is 0.112. The number of anilines is 1. The number of fused-ring (bicyclic) bond motifs is 1. The summed E-state index contributed by atoms with van der Waals surface area (Å²) >= 11 is 1.52. The van der Waals surface area contributed by atoms with Crippen molar-refractivity contribution in [2.24, 2.45) is 0 Å². The van der Waals surface area contributed by atoms with Gasteiger partial charge in [0.1, 0.15) is 5.75 Å². The zero-order valence-electron chi connectivity index (χ0n) is 7.61. The van der Waals surface area contributed by atoms with Crippen molar-refractivity contribution < 1.29 is 9.53 Å². The summed E-state index contributed by atoms with van der Waals surface area (Å²) in [6.07, 6.45) is 0.799. The van der Waals surface area contributed by atoms with Gasteiger partial charge in [-0.2, -0.15) is 0 Å². The van der Waals surface area contributed by atoms with Gasteiger partial charge in [0.2, 0.25) is 0 Å². The molecule has 0 fully saturated rings. The molecule has 0 radical (unpaired) electrons. The number of hydrogen-bond acceptors (Lipinski definition) is 4. The normalized spacial score (nSPS) is 10.4. The van der Waals surface area contributed by atoms with Crippen LogP contribution in [-0.4, -0.2) is 13.4 Å². The summed E-state index contributed by atoms with van der Waals surface area (Å²) in [6.45, 7) is 0. The lowest BCUT2D eigenvalue weighted by Gasteiger charge is -2.06. The highest BCUT2D eigenvalue weighted by Gasteiger charge is 2.11. The number of methoxy groups -OCH3 is 1. The summed E-state index contributed by atoms with van der Waals surface area (Å²) in [5, 5.41) is 2.77. The van der Waals surface area contributed by atoms with Crippen LogP contribution < -0.4 is 10.5 Å². The molecule has 0 atom stereocenters. The molecular weight excluding hydrogens is 198 g/mol. The van der Waals surface area contributed by atoms with E-state index in [1.165, 1.54) is 18.4 Å². The van der Waals surface area contributed by atoms with Crippen LogP contribution in [0, 0.1) is 0 Å². The first-order chi connectivity index (χ1) is 6.77. The molecule has 0 unspecified atom stereocenters. The van der Waals surface area contributed by atoms with Crippen molar-refractivity contribution in [3.05, 3.63) is 23.1 Å². The maximum atomic E-state index is 10.9. The number of aldehydes is 1. The molecular formula is C10H9NO2S. The van der Waals surface area contributed by atoms with Crippen LogP contribution in [0.1, 0.15) is 10.4 Å². The Balaban J connectivity index is 2.88. The van der Waals surface area contributed by atoms with Crippen LogP contribution in [-0.2, 0) is 0 Å². The average molecular weight is 207 g/mol. The lowest BCUT2D eigenvalue weighted by Crippen LogP contribution is -1.94. The maximum Gasteiger partial charge on any atom is 0.154 e.